The number of benzene rings is 2. The van der Waals surface area contributed by atoms with Crippen molar-refractivity contribution in [2.75, 3.05) is 5.32 Å². The van der Waals surface area contributed by atoms with Gasteiger partial charge in [0.1, 0.15) is 12.4 Å². The maximum Gasteiger partial charge on any atom is 0.293 e. The van der Waals surface area contributed by atoms with Gasteiger partial charge >= 0.3 is 0 Å². The summed E-state index contributed by atoms with van der Waals surface area (Å²) in [5.41, 5.74) is 1.34. The summed E-state index contributed by atoms with van der Waals surface area (Å²) in [7, 11) is 0. The van der Waals surface area contributed by atoms with E-state index in [-0.39, 0.29) is 24.2 Å². The van der Waals surface area contributed by atoms with Crippen LogP contribution in [0.2, 0.25) is 0 Å². The van der Waals surface area contributed by atoms with Gasteiger partial charge in [-0.3, -0.25) is 9.59 Å². The Labute approximate surface area is 122 Å². The monoisotopic (exact) mass is 287 g/mol. The average molecular weight is 287 g/mol. The lowest BCUT2D eigenvalue weighted by Crippen LogP contribution is -2.17. The van der Waals surface area contributed by atoms with Gasteiger partial charge in [-0.25, -0.2) is 0 Å². The Morgan fingerprint density at radius 3 is 2.76 bits per heavy atom. The molecule has 0 aliphatic carbocycles. The molecule has 0 saturated heterocycles. The van der Waals surface area contributed by atoms with Gasteiger partial charge in [0.05, 0.1) is 0 Å². The smallest absolute Gasteiger partial charge is 0.293 e. The van der Waals surface area contributed by atoms with Crippen molar-refractivity contribution < 1.29 is 19.4 Å². The van der Waals surface area contributed by atoms with Crippen LogP contribution in [0.25, 0.3) is 10.8 Å². The summed E-state index contributed by atoms with van der Waals surface area (Å²) in [4.78, 5) is 21.9. The zero-order valence-corrected chi connectivity index (χ0v) is 11.9. The summed E-state index contributed by atoms with van der Waals surface area (Å²) in [5.74, 6) is -0.0702. The van der Waals surface area contributed by atoms with Crippen LogP contribution in [0, 0.1) is 5.92 Å². The molecule has 0 spiro atoms. The average Bonchev–Trinajstić information content (AvgIpc) is 2.44. The third-order valence-electron chi connectivity index (χ3n) is 3.10. The second kappa shape index (κ2) is 6.26. The maximum absolute atomic E-state index is 11.7. The van der Waals surface area contributed by atoms with E-state index >= 15 is 0 Å². The number of hydrogen-bond donors (Lipinski definition) is 2. The summed E-state index contributed by atoms with van der Waals surface area (Å²) in [6, 6.07) is 8.62. The zero-order valence-electron chi connectivity index (χ0n) is 11.9. The highest BCUT2D eigenvalue weighted by Crippen LogP contribution is 2.29. The molecular formula is C16H17NO4. The van der Waals surface area contributed by atoms with Gasteiger partial charge in [-0.1, -0.05) is 13.8 Å². The maximum atomic E-state index is 11.7. The SMILES string of the molecule is CC(C)C(=O)Nc1ccc2c(O)cc(COC=O)cc2c1. The standard InChI is InChI=1S/C16H17NO4/c1-10(2)16(20)17-13-3-4-14-12(7-13)5-11(6-15(14)19)8-21-9-18/h3-7,9-10,19H,8H2,1-2H3,(H,17,20). The number of aromatic hydroxyl groups is 1. The Kier molecular flexibility index (Phi) is 4.42. The fourth-order valence-electron chi connectivity index (χ4n) is 1.99. The molecule has 0 aromatic heterocycles. The molecule has 0 fully saturated rings. The number of hydrogen-bond acceptors (Lipinski definition) is 4. The summed E-state index contributed by atoms with van der Waals surface area (Å²) >= 11 is 0. The van der Waals surface area contributed by atoms with Gasteiger partial charge in [0.2, 0.25) is 5.91 Å². The topological polar surface area (TPSA) is 75.6 Å². The molecule has 0 saturated carbocycles. The highest BCUT2D eigenvalue weighted by atomic mass is 16.5. The number of carbonyl (C=O) groups excluding carboxylic acids is 2. The van der Waals surface area contributed by atoms with Gasteiger partial charge in [-0.05, 0) is 41.3 Å². The minimum Gasteiger partial charge on any atom is -0.507 e. The number of amides is 1. The van der Waals surface area contributed by atoms with E-state index in [1.807, 2.05) is 19.9 Å². The van der Waals surface area contributed by atoms with Crippen molar-refractivity contribution in [2.24, 2.45) is 5.92 Å². The number of fused-ring (bicyclic) bond motifs is 1. The van der Waals surface area contributed by atoms with Gasteiger partial charge in [0, 0.05) is 17.0 Å². The van der Waals surface area contributed by atoms with E-state index in [0.717, 1.165) is 5.39 Å². The molecule has 0 radical (unpaired) electrons. The van der Waals surface area contributed by atoms with Crippen LogP contribution in [-0.2, 0) is 20.9 Å². The lowest BCUT2D eigenvalue weighted by Gasteiger charge is -2.10. The van der Waals surface area contributed by atoms with E-state index in [1.54, 1.807) is 24.3 Å². The Balaban J connectivity index is 2.36. The van der Waals surface area contributed by atoms with E-state index < -0.39 is 0 Å². The third-order valence-corrected chi connectivity index (χ3v) is 3.10. The normalized spacial score (nSPS) is 10.6. The van der Waals surface area contributed by atoms with E-state index in [0.29, 0.717) is 23.1 Å². The molecule has 5 nitrogen and oxygen atoms in total. The van der Waals surface area contributed by atoms with Gasteiger partial charge in [-0.2, -0.15) is 0 Å². The molecular weight excluding hydrogens is 270 g/mol. The first kappa shape index (κ1) is 14.8. The van der Waals surface area contributed by atoms with Gasteiger partial charge < -0.3 is 15.2 Å². The number of ether oxygens (including phenoxy) is 1. The van der Waals surface area contributed by atoms with Crippen LogP contribution in [0.1, 0.15) is 19.4 Å². The fourth-order valence-corrected chi connectivity index (χ4v) is 1.99. The molecule has 0 aliphatic rings. The highest BCUT2D eigenvalue weighted by molar-refractivity contribution is 5.96. The lowest BCUT2D eigenvalue weighted by molar-refractivity contribution is -0.129. The van der Waals surface area contributed by atoms with E-state index in [9.17, 15) is 14.7 Å². The summed E-state index contributed by atoms with van der Waals surface area (Å²) in [6.45, 7) is 4.09. The Hall–Kier alpha value is -2.56. The van der Waals surface area contributed by atoms with Crippen molar-refractivity contribution in [2.45, 2.75) is 20.5 Å². The molecule has 21 heavy (non-hydrogen) atoms. The Morgan fingerprint density at radius 1 is 1.33 bits per heavy atom. The molecule has 0 aliphatic heterocycles. The molecule has 2 aromatic carbocycles. The highest BCUT2D eigenvalue weighted by Gasteiger charge is 2.09. The molecule has 0 bridgehead atoms. The molecule has 0 heterocycles. The van der Waals surface area contributed by atoms with Crippen molar-refractivity contribution in [1.82, 2.24) is 0 Å². The quantitative estimate of drug-likeness (QED) is 0.829. The summed E-state index contributed by atoms with van der Waals surface area (Å²) in [5, 5.41) is 14.2. The first-order chi connectivity index (χ1) is 10.0. The summed E-state index contributed by atoms with van der Waals surface area (Å²) < 4.78 is 4.69. The largest absolute Gasteiger partial charge is 0.507 e. The van der Waals surface area contributed by atoms with E-state index in [4.69, 9.17) is 0 Å². The van der Waals surface area contributed by atoms with Crippen molar-refractivity contribution in [3.63, 3.8) is 0 Å². The molecule has 1 amide bonds. The Morgan fingerprint density at radius 2 is 2.10 bits per heavy atom. The van der Waals surface area contributed by atoms with Crippen LogP contribution in [0.5, 0.6) is 5.75 Å². The number of nitrogens with one attached hydrogen (secondary N) is 1. The first-order valence-corrected chi connectivity index (χ1v) is 6.63. The summed E-state index contributed by atoms with van der Waals surface area (Å²) in [6.07, 6.45) is 0. The van der Waals surface area contributed by atoms with E-state index in [2.05, 4.69) is 10.1 Å². The molecule has 2 N–H and O–H groups in total. The van der Waals surface area contributed by atoms with Gasteiger partial charge in [0.15, 0.2) is 0 Å². The predicted octanol–water partition coefficient (Wildman–Crippen LogP) is 2.81. The number of phenols is 1. The molecule has 2 aromatic rings. The van der Waals surface area contributed by atoms with Crippen LogP contribution in [0.4, 0.5) is 5.69 Å². The van der Waals surface area contributed by atoms with Crippen LogP contribution in [0.3, 0.4) is 0 Å². The third kappa shape index (κ3) is 3.51. The fraction of sp³-hybridized carbons (Fsp3) is 0.250. The Bertz CT molecular complexity index is 679. The van der Waals surface area contributed by atoms with Crippen molar-refractivity contribution in [3.05, 3.63) is 35.9 Å². The second-order valence-electron chi connectivity index (χ2n) is 5.10. The second-order valence-corrected chi connectivity index (χ2v) is 5.10. The van der Waals surface area contributed by atoms with Crippen LogP contribution in [-0.4, -0.2) is 17.5 Å². The van der Waals surface area contributed by atoms with E-state index in [1.165, 1.54) is 0 Å². The van der Waals surface area contributed by atoms with Crippen molar-refractivity contribution in [1.29, 1.82) is 0 Å². The lowest BCUT2D eigenvalue weighted by atomic mass is 10.0. The van der Waals surface area contributed by atoms with Gasteiger partial charge in [0.25, 0.3) is 6.47 Å². The zero-order chi connectivity index (χ0) is 15.4. The number of rotatable bonds is 5. The molecule has 2 rings (SSSR count). The van der Waals surface area contributed by atoms with Crippen molar-refractivity contribution >= 4 is 28.8 Å². The minimum absolute atomic E-state index is 0.0704. The number of phenolic OH excluding ortho intramolecular Hbond substituents is 1. The molecule has 5 heteroatoms. The van der Waals surface area contributed by atoms with Crippen LogP contribution in [0.15, 0.2) is 30.3 Å². The minimum atomic E-state index is -0.110. The number of carbonyl (C=O) groups is 2. The predicted molar refractivity (Wildman–Crippen MR) is 79.9 cm³/mol. The molecule has 0 unspecified atom stereocenters. The van der Waals surface area contributed by atoms with Crippen LogP contribution < -0.4 is 5.32 Å². The number of anilines is 1. The van der Waals surface area contributed by atoms with Gasteiger partial charge in [-0.15, -0.1) is 0 Å². The first-order valence-electron chi connectivity index (χ1n) is 6.63. The molecule has 110 valence electrons. The molecule has 0 atom stereocenters. The van der Waals surface area contributed by atoms with Crippen LogP contribution >= 0.6 is 0 Å². The van der Waals surface area contributed by atoms with Crippen molar-refractivity contribution in [3.8, 4) is 5.75 Å².